The molecule has 0 saturated carbocycles. The van der Waals surface area contributed by atoms with Crippen LogP contribution in [-0.4, -0.2) is 48.0 Å². The van der Waals surface area contributed by atoms with Crippen molar-refractivity contribution in [1.82, 2.24) is 4.90 Å². The third-order valence-electron chi connectivity index (χ3n) is 2.92. The van der Waals surface area contributed by atoms with Gasteiger partial charge in [-0.25, -0.2) is 0 Å². The molecule has 8 heteroatoms. The van der Waals surface area contributed by atoms with Crippen LogP contribution in [0.5, 0.6) is 0 Å². The van der Waals surface area contributed by atoms with E-state index in [1.54, 1.807) is 12.1 Å². The van der Waals surface area contributed by atoms with E-state index in [2.05, 4.69) is 22.0 Å². The largest absolute Gasteiger partial charge is 0.387 e. The molecule has 0 aliphatic rings. The number of likely N-dealkylation sites (N-methyl/N-ethyl adjacent to an activating group) is 1. The van der Waals surface area contributed by atoms with Gasteiger partial charge in [0.25, 0.3) is 5.69 Å². The van der Waals surface area contributed by atoms with E-state index in [4.69, 9.17) is 4.74 Å². The standard InChI is InChI=1S/C12H18IN2O4P/c1-14(2)11(7-19-8-20-13)12(16)9-3-5-10(6-4-9)15(17)18/h3-6,11-12,16,20H,7-8H2,1-2H3/t11-,12-/m1/s1. The molecule has 0 spiro atoms. The van der Waals surface area contributed by atoms with Crippen molar-refractivity contribution in [2.75, 3.05) is 27.1 Å². The SMILES string of the molecule is CN(C)[C@H](COCPI)[C@H](O)c1ccc([N+](=O)[O-])cc1. The first-order valence-corrected chi connectivity index (χ1v) is 10.3. The van der Waals surface area contributed by atoms with E-state index in [9.17, 15) is 15.2 Å². The van der Waals surface area contributed by atoms with Crippen LogP contribution in [-0.2, 0) is 4.74 Å². The van der Waals surface area contributed by atoms with Crippen LogP contribution in [0.4, 0.5) is 5.69 Å². The number of benzene rings is 1. The minimum absolute atomic E-state index is 0.0183. The topological polar surface area (TPSA) is 75.8 Å². The molecule has 0 aliphatic heterocycles. The summed E-state index contributed by atoms with van der Waals surface area (Å²) in [5.74, 6) is 0. The van der Waals surface area contributed by atoms with E-state index in [1.807, 2.05) is 19.0 Å². The number of hydrogen-bond acceptors (Lipinski definition) is 5. The minimum Gasteiger partial charge on any atom is -0.387 e. The summed E-state index contributed by atoms with van der Waals surface area (Å²) in [7, 11) is 3.74. The third kappa shape index (κ3) is 5.21. The lowest BCUT2D eigenvalue weighted by atomic mass is 10.0. The molecule has 0 aliphatic carbocycles. The summed E-state index contributed by atoms with van der Waals surface area (Å²) in [6, 6.07) is 5.78. The number of nitro groups is 1. The van der Waals surface area contributed by atoms with Gasteiger partial charge in [0.1, 0.15) is 0 Å². The van der Waals surface area contributed by atoms with Crippen molar-refractivity contribution >= 4 is 34.0 Å². The summed E-state index contributed by atoms with van der Waals surface area (Å²) < 4.78 is 5.51. The quantitative estimate of drug-likeness (QED) is 0.234. The summed E-state index contributed by atoms with van der Waals surface area (Å²) >= 11 is 2.25. The second kappa shape index (κ2) is 8.84. The molecule has 0 saturated heterocycles. The molecular formula is C12H18IN2O4P. The number of nitrogens with zero attached hydrogens (tertiary/aromatic N) is 2. The Morgan fingerprint density at radius 3 is 2.50 bits per heavy atom. The maximum Gasteiger partial charge on any atom is 0.269 e. The molecule has 6 nitrogen and oxygen atoms in total. The van der Waals surface area contributed by atoms with E-state index in [-0.39, 0.29) is 11.7 Å². The number of aliphatic hydroxyl groups is 1. The average molecular weight is 412 g/mol. The van der Waals surface area contributed by atoms with Crippen molar-refractivity contribution in [2.45, 2.75) is 12.1 Å². The first-order chi connectivity index (χ1) is 9.47. The second-order valence-corrected chi connectivity index (χ2v) is 7.32. The first kappa shape index (κ1) is 17.7. The third-order valence-corrected chi connectivity index (χ3v) is 4.17. The highest BCUT2D eigenvalue weighted by molar-refractivity contribution is 14.2. The van der Waals surface area contributed by atoms with E-state index in [1.165, 1.54) is 12.1 Å². The predicted octanol–water partition coefficient (Wildman–Crippen LogP) is 2.56. The highest BCUT2D eigenvalue weighted by atomic mass is 127. The molecule has 1 rings (SSSR count). The molecule has 1 N–H and O–H groups in total. The van der Waals surface area contributed by atoms with E-state index in [0.29, 0.717) is 24.7 Å². The molecule has 0 radical (unpaired) electrons. The number of ether oxygens (including phenoxy) is 1. The van der Waals surface area contributed by atoms with Crippen LogP contribution in [0, 0.1) is 10.1 Å². The van der Waals surface area contributed by atoms with Gasteiger partial charge < -0.3 is 14.7 Å². The highest BCUT2D eigenvalue weighted by Gasteiger charge is 2.23. The molecule has 20 heavy (non-hydrogen) atoms. The maximum absolute atomic E-state index is 10.6. The van der Waals surface area contributed by atoms with Gasteiger partial charge in [0.15, 0.2) is 0 Å². The molecule has 0 aromatic heterocycles. The fourth-order valence-corrected chi connectivity index (χ4v) is 2.61. The molecule has 112 valence electrons. The lowest BCUT2D eigenvalue weighted by molar-refractivity contribution is -0.384. The van der Waals surface area contributed by atoms with Gasteiger partial charge >= 0.3 is 0 Å². The average Bonchev–Trinajstić information content (AvgIpc) is 2.42. The van der Waals surface area contributed by atoms with Gasteiger partial charge in [0, 0.05) is 12.1 Å². The van der Waals surface area contributed by atoms with Gasteiger partial charge in [-0.1, -0.05) is 22.0 Å². The molecular weight excluding hydrogens is 394 g/mol. The van der Waals surface area contributed by atoms with Crippen LogP contribution in [0.3, 0.4) is 0 Å². The fraction of sp³-hybridized carbons (Fsp3) is 0.500. The molecule has 1 aromatic rings. The first-order valence-electron chi connectivity index (χ1n) is 5.97. The lowest BCUT2D eigenvalue weighted by Gasteiger charge is -2.29. The number of rotatable bonds is 8. The Kier molecular flexibility index (Phi) is 7.83. The normalized spacial score (nSPS) is 14.8. The summed E-state index contributed by atoms with van der Waals surface area (Å²) in [6.07, 6.45) is 0.597. The zero-order valence-corrected chi connectivity index (χ0v) is 14.5. The number of nitro benzene ring substituents is 1. The summed E-state index contributed by atoms with van der Waals surface area (Å²) in [5, 5.41) is 21.0. The minimum atomic E-state index is -0.747. The van der Waals surface area contributed by atoms with Gasteiger partial charge in [-0.05, 0) is 38.0 Å². The van der Waals surface area contributed by atoms with Crippen molar-refractivity contribution in [3.8, 4) is 0 Å². The molecule has 0 amide bonds. The van der Waals surface area contributed by atoms with Crippen LogP contribution in [0.25, 0.3) is 0 Å². The van der Waals surface area contributed by atoms with E-state index < -0.39 is 11.0 Å². The van der Waals surface area contributed by atoms with Crippen LogP contribution in [0.1, 0.15) is 11.7 Å². The van der Waals surface area contributed by atoms with E-state index >= 15 is 0 Å². The monoisotopic (exact) mass is 412 g/mol. The van der Waals surface area contributed by atoms with Crippen molar-refractivity contribution in [3.05, 3.63) is 39.9 Å². The Morgan fingerprint density at radius 2 is 2.05 bits per heavy atom. The van der Waals surface area contributed by atoms with Gasteiger partial charge in [0.2, 0.25) is 0 Å². The van der Waals surface area contributed by atoms with Crippen LogP contribution in [0.15, 0.2) is 24.3 Å². The van der Waals surface area contributed by atoms with E-state index in [0.717, 1.165) is 0 Å². The molecule has 1 unspecified atom stereocenters. The summed E-state index contributed by atoms with van der Waals surface area (Å²) in [6.45, 7) is 0.418. The summed E-state index contributed by atoms with van der Waals surface area (Å²) in [4.78, 5) is 12.1. The number of hydrogen-bond donors (Lipinski definition) is 1. The fourth-order valence-electron chi connectivity index (χ4n) is 1.76. The lowest BCUT2D eigenvalue weighted by Crippen LogP contribution is -2.38. The van der Waals surface area contributed by atoms with Gasteiger partial charge in [-0.15, -0.1) is 0 Å². The van der Waals surface area contributed by atoms with Crippen LogP contribution >= 0.6 is 28.3 Å². The molecule has 0 heterocycles. The van der Waals surface area contributed by atoms with Gasteiger partial charge in [0.05, 0.1) is 30.0 Å². The zero-order chi connectivity index (χ0) is 15.1. The Balaban J connectivity index is 2.77. The number of halogens is 1. The Labute approximate surface area is 132 Å². The second-order valence-electron chi connectivity index (χ2n) is 4.47. The Morgan fingerprint density at radius 1 is 1.45 bits per heavy atom. The van der Waals surface area contributed by atoms with Crippen molar-refractivity contribution in [2.24, 2.45) is 0 Å². The number of non-ortho nitro benzene ring substituents is 1. The molecule has 0 bridgehead atoms. The molecule has 0 fully saturated rings. The number of aliphatic hydroxyl groups excluding tert-OH is 1. The van der Waals surface area contributed by atoms with Crippen molar-refractivity contribution in [1.29, 1.82) is 0 Å². The van der Waals surface area contributed by atoms with Gasteiger partial charge in [-0.3, -0.25) is 10.1 Å². The Bertz CT molecular complexity index is 430. The van der Waals surface area contributed by atoms with Crippen molar-refractivity contribution in [3.63, 3.8) is 0 Å². The Hall–Kier alpha value is -0.340. The molecule has 1 aromatic carbocycles. The smallest absolute Gasteiger partial charge is 0.269 e. The summed E-state index contributed by atoms with van der Waals surface area (Å²) in [5.41, 5.74) is 0.666. The van der Waals surface area contributed by atoms with Gasteiger partial charge in [-0.2, -0.15) is 0 Å². The predicted molar refractivity (Wildman–Crippen MR) is 88.7 cm³/mol. The van der Waals surface area contributed by atoms with Crippen molar-refractivity contribution < 1.29 is 14.8 Å². The maximum atomic E-state index is 10.6. The zero-order valence-electron chi connectivity index (χ0n) is 11.3. The van der Waals surface area contributed by atoms with Crippen LogP contribution in [0.2, 0.25) is 0 Å². The van der Waals surface area contributed by atoms with Crippen LogP contribution < -0.4 is 0 Å². The molecule has 3 atom stereocenters. The highest BCUT2D eigenvalue weighted by Crippen LogP contribution is 2.24.